The fourth-order valence-electron chi connectivity index (χ4n) is 2.16. The van der Waals surface area contributed by atoms with E-state index in [1.54, 1.807) is 0 Å². The van der Waals surface area contributed by atoms with E-state index in [9.17, 15) is 0 Å². The molecule has 0 aromatic carbocycles. The second-order valence-corrected chi connectivity index (χ2v) is 5.76. The van der Waals surface area contributed by atoms with Crippen molar-refractivity contribution in [2.24, 2.45) is 5.41 Å². The van der Waals surface area contributed by atoms with Crippen molar-refractivity contribution in [1.29, 1.82) is 0 Å². The van der Waals surface area contributed by atoms with E-state index >= 15 is 0 Å². The van der Waals surface area contributed by atoms with Crippen molar-refractivity contribution in [3.63, 3.8) is 0 Å². The molecule has 2 aliphatic rings. The van der Waals surface area contributed by atoms with Gasteiger partial charge < -0.3 is 14.8 Å². The summed E-state index contributed by atoms with van der Waals surface area (Å²) in [6.45, 7) is 8.93. The average molecular weight is 213 g/mol. The van der Waals surface area contributed by atoms with Crippen LogP contribution >= 0.6 is 0 Å². The summed E-state index contributed by atoms with van der Waals surface area (Å²) in [7, 11) is 0. The Kier molecular flexibility index (Phi) is 3.06. The van der Waals surface area contributed by atoms with Gasteiger partial charge >= 0.3 is 0 Å². The third kappa shape index (κ3) is 2.92. The van der Waals surface area contributed by atoms with Crippen LogP contribution in [0.2, 0.25) is 0 Å². The second kappa shape index (κ2) is 4.04. The van der Waals surface area contributed by atoms with Crippen LogP contribution in [0.3, 0.4) is 0 Å². The van der Waals surface area contributed by atoms with Gasteiger partial charge in [0.2, 0.25) is 0 Å². The van der Waals surface area contributed by atoms with E-state index in [-0.39, 0.29) is 0 Å². The van der Waals surface area contributed by atoms with Gasteiger partial charge in [-0.1, -0.05) is 13.3 Å². The number of hydrogen-bond donors (Lipinski definition) is 1. The summed E-state index contributed by atoms with van der Waals surface area (Å²) in [5.41, 5.74) is 0.535. The Morgan fingerprint density at radius 1 is 1.13 bits per heavy atom. The SMILES string of the molecule is CC1(CNC2COC(C)(C)OC2)CCC1. The Labute approximate surface area is 92.5 Å². The Bertz CT molecular complexity index is 214. The quantitative estimate of drug-likeness (QED) is 0.777. The molecule has 0 unspecified atom stereocenters. The Balaban J connectivity index is 1.68. The van der Waals surface area contributed by atoms with E-state index in [4.69, 9.17) is 9.47 Å². The van der Waals surface area contributed by atoms with Crippen LogP contribution in [0.15, 0.2) is 0 Å². The van der Waals surface area contributed by atoms with Crippen molar-refractivity contribution in [1.82, 2.24) is 5.32 Å². The summed E-state index contributed by atoms with van der Waals surface area (Å²) in [5, 5.41) is 3.55. The van der Waals surface area contributed by atoms with Crippen LogP contribution in [0.25, 0.3) is 0 Å². The highest BCUT2D eigenvalue weighted by Gasteiger charge is 2.33. The fourth-order valence-corrected chi connectivity index (χ4v) is 2.16. The maximum atomic E-state index is 5.61. The highest BCUT2D eigenvalue weighted by atomic mass is 16.7. The normalized spacial score (nSPS) is 29.8. The molecule has 15 heavy (non-hydrogen) atoms. The maximum absolute atomic E-state index is 5.61. The average Bonchev–Trinajstić information content (AvgIpc) is 2.13. The van der Waals surface area contributed by atoms with Crippen LogP contribution in [0.5, 0.6) is 0 Å². The van der Waals surface area contributed by atoms with Gasteiger partial charge in [0, 0.05) is 6.54 Å². The van der Waals surface area contributed by atoms with E-state index in [1.165, 1.54) is 19.3 Å². The first-order valence-electron chi connectivity index (χ1n) is 6.00. The molecule has 0 spiro atoms. The van der Waals surface area contributed by atoms with Crippen LogP contribution in [0, 0.1) is 5.41 Å². The zero-order chi connectivity index (χ0) is 10.9. The zero-order valence-electron chi connectivity index (χ0n) is 10.1. The van der Waals surface area contributed by atoms with Gasteiger partial charge in [-0.05, 0) is 32.1 Å². The van der Waals surface area contributed by atoms with Gasteiger partial charge in [-0.3, -0.25) is 0 Å². The van der Waals surface area contributed by atoms with Gasteiger partial charge in [0.05, 0.1) is 19.3 Å². The minimum absolute atomic E-state index is 0.371. The Morgan fingerprint density at radius 3 is 2.20 bits per heavy atom. The van der Waals surface area contributed by atoms with Gasteiger partial charge in [0.1, 0.15) is 0 Å². The maximum Gasteiger partial charge on any atom is 0.162 e. The standard InChI is InChI=1S/C12H23NO2/c1-11(2)14-7-10(8-15-11)13-9-12(3)5-4-6-12/h10,13H,4-9H2,1-3H3. The number of hydrogen-bond acceptors (Lipinski definition) is 3. The molecule has 0 aromatic rings. The van der Waals surface area contributed by atoms with E-state index in [1.807, 2.05) is 13.8 Å². The lowest BCUT2D eigenvalue weighted by molar-refractivity contribution is -0.253. The molecule has 1 heterocycles. The summed E-state index contributed by atoms with van der Waals surface area (Å²) in [6.07, 6.45) is 4.11. The first-order valence-corrected chi connectivity index (χ1v) is 6.00. The minimum Gasteiger partial charge on any atom is -0.349 e. The molecule has 0 atom stereocenters. The molecule has 1 saturated heterocycles. The molecular weight excluding hydrogens is 190 g/mol. The molecule has 0 bridgehead atoms. The van der Waals surface area contributed by atoms with Gasteiger partial charge in [-0.2, -0.15) is 0 Å². The fraction of sp³-hybridized carbons (Fsp3) is 1.00. The number of rotatable bonds is 3. The van der Waals surface area contributed by atoms with Crippen molar-refractivity contribution < 1.29 is 9.47 Å². The summed E-state index contributed by atoms with van der Waals surface area (Å²) in [4.78, 5) is 0. The molecule has 0 amide bonds. The number of nitrogens with one attached hydrogen (secondary N) is 1. The smallest absolute Gasteiger partial charge is 0.162 e. The number of ether oxygens (including phenoxy) is 2. The molecule has 88 valence electrons. The lowest BCUT2D eigenvalue weighted by atomic mass is 9.70. The summed E-state index contributed by atoms with van der Waals surface area (Å²) < 4.78 is 11.2. The van der Waals surface area contributed by atoms with Crippen molar-refractivity contribution in [3.05, 3.63) is 0 Å². The van der Waals surface area contributed by atoms with Gasteiger partial charge in [0.15, 0.2) is 5.79 Å². The molecule has 1 saturated carbocycles. The molecule has 2 rings (SSSR count). The van der Waals surface area contributed by atoms with E-state index in [0.717, 1.165) is 19.8 Å². The predicted octanol–water partition coefficient (Wildman–Crippen LogP) is 1.92. The van der Waals surface area contributed by atoms with Gasteiger partial charge in [-0.15, -0.1) is 0 Å². The van der Waals surface area contributed by atoms with Crippen LogP contribution in [0.4, 0.5) is 0 Å². The Morgan fingerprint density at radius 2 is 1.73 bits per heavy atom. The minimum atomic E-state index is -0.390. The summed E-state index contributed by atoms with van der Waals surface area (Å²) >= 11 is 0. The molecule has 2 fully saturated rings. The van der Waals surface area contributed by atoms with E-state index in [0.29, 0.717) is 11.5 Å². The molecule has 0 radical (unpaired) electrons. The molecular formula is C12H23NO2. The van der Waals surface area contributed by atoms with Crippen LogP contribution < -0.4 is 5.32 Å². The van der Waals surface area contributed by atoms with Crippen LogP contribution in [-0.4, -0.2) is 31.6 Å². The molecule has 1 N–H and O–H groups in total. The largest absolute Gasteiger partial charge is 0.349 e. The first-order chi connectivity index (χ1) is 6.99. The highest BCUT2D eigenvalue weighted by molar-refractivity contribution is 4.87. The van der Waals surface area contributed by atoms with Gasteiger partial charge in [-0.25, -0.2) is 0 Å². The van der Waals surface area contributed by atoms with E-state index in [2.05, 4.69) is 12.2 Å². The van der Waals surface area contributed by atoms with Crippen molar-refractivity contribution in [3.8, 4) is 0 Å². The third-order valence-electron chi connectivity index (χ3n) is 3.64. The molecule has 3 nitrogen and oxygen atoms in total. The lowest BCUT2D eigenvalue weighted by Crippen LogP contribution is -2.51. The van der Waals surface area contributed by atoms with Gasteiger partial charge in [0.25, 0.3) is 0 Å². The van der Waals surface area contributed by atoms with Crippen molar-refractivity contribution >= 4 is 0 Å². The second-order valence-electron chi connectivity index (χ2n) is 5.76. The molecule has 1 aliphatic carbocycles. The molecule has 1 aliphatic heterocycles. The van der Waals surface area contributed by atoms with E-state index < -0.39 is 5.79 Å². The molecule has 0 aromatic heterocycles. The Hall–Kier alpha value is -0.120. The first kappa shape index (κ1) is 11.4. The summed E-state index contributed by atoms with van der Waals surface area (Å²) in [6, 6.07) is 0.371. The van der Waals surface area contributed by atoms with Crippen LogP contribution in [0.1, 0.15) is 40.0 Å². The lowest BCUT2D eigenvalue weighted by Gasteiger charge is -2.41. The molecule has 3 heteroatoms. The summed E-state index contributed by atoms with van der Waals surface area (Å²) in [5.74, 6) is -0.390. The predicted molar refractivity (Wildman–Crippen MR) is 59.7 cm³/mol. The third-order valence-corrected chi connectivity index (χ3v) is 3.64. The van der Waals surface area contributed by atoms with Crippen molar-refractivity contribution in [2.75, 3.05) is 19.8 Å². The van der Waals surface area contributed by atoms with Crippen molar-refractivity contribution in [2.45, 2.75) is 51.9 Å². The monoisotopic (exact) mass is 213 g/mol. The van der Waals surface area contributed by atoms with Crippen LogP contribution in [-0.2, 0) is 9.47 Å². The highest BCUT2D eigenvalue weighted by Crippen LogP contribution is 2.39. The topological polar surface area (TPSA) is 30.5 Å². The zero-order valence-corrected chi connectivity index (χ0v) is 10.1.